The van der Waals surface area contributed by atoms with Crippen LogP contribution in [-0.4, -0.2) is 22.3 Å². The Kier molecular flexibility index (Phi) is 2.19. The molecule has 2 heterocycles. The second kappa shape index (κ2) is 3.67. The zero-order valence-electron chi connectivity index (χ0n) is 10.4. The molecule has 1 aromatic rings. The Bertz CT molecular complexity index is 534. The first-order valence-electron chi connectivity index (χ1n) is 6.73. The van der Waals surface area contributed by atoms with Gasteiger partial charge in [0.1, 0.15) is 5.92 Å². The van der Waals surface area contributed by atoms with Gasteiger partial charge >= 0.3 is 0 Å². The average molecular weight is 261 g/mol. The van der Waals surface area contributed by atoms with E-state index in [4.69, 9.17) is 0 Å². The predicted octanol–water partition coefficient (Wildman–Crippen LogP) is 2.03. The number of rotatable bonds is 1. The van der Waals surface area contributed by atoms with Crippen LogP contribution in [0.15, 0.2) is 17.5 Å². The van der Waals surface area contributed by atoms with E-state index < -0.39 is 0 Å². The van der Waals surface area contributed by atoms with E-state index in [1.54, 1.807) is 11.3 Å². The molecule has 1 amide bonds. The van der Waals surface area contributed by atoms with Gasteiger partial charge in [0.05, 0.1) is 4.88 Å². The first kappa shape index (κ1) is 10.7. The second-order valence-electron chi connectivity index (χ2n) is 5.76. The van der Waals surface area contributed by atoms with E-state index in [1.165, 1.54) is 29.9 Å². The maximum Gasteiger partial charge on any atom is 0.284 e. The maximum absolute atomic E-state index is 12.2. The van der Waals surface area contributed by atoms with Crippen LogP contribution in [-0.2, 0) is 4.79 Å². The molecule has 2 saturated carbocycles. The van der Waals surface area contributed by atoms with Gasteiger partial charge in [-0.05, 0) is 36.6 Å². The maximum atomic E-state index is 12.2. The van der Waals surface area contributed by atoms with Crippen molar-refractivity contribution in [3.8, 4) is 0 Å². The van der Waals surface area contributed by atoms with Crippen LogP contribution < -0.4 is 5.43 Å². The number of carbonyl (C=O) groups is 1. The summed E-state index contributed by atoms with van der Waals surface area (Å²) in [6.07, 6.45) is 3.82. The average Bonchev–Trinajstić information content (AvgIpc) is 3.11. The van der Waals surface area contributed by atoms with E-state index in [0.29, 0.717) is 17.9 Å². The van der Waals surface area contributed by atoms with Gasteiger partial charge in [0, 0.05) is 12.8 Å². The number of amides is 1. The van der Waals surface area contributed by atoms with Crippen LogP contribution in [0.5, 0.6) is 0 Å². The number of thiophene rings is 1. The first-order chi connectivity index (χ1) is 8.75. The fourth-order valence-electron chi connectivity index (χ4n) is 4.18. The van der Waals surface area contributed by atoms with E-state index >= 15 is 0 Å². The van der Waals surface area contributed by atoms with Crippen LogP contribution in [0.4, 0.5) is 0 Å². The molecule has 4 unspecified atom stereocenters. The van der Waals surface area contributed by atoms with Gasteiger partial charge in [-0.25, -0.2) is 0 Å². The summed E-state index contributed by atoms with van der Waals surface area (Å²) >= 11 is 1.74. The van der Waals surface area contributed by atoms with Crippen LogP contribution in [0.3, 0.4) is 0 Å². The molecule has 0 spiro atoms. The zero-order valence-corrected chi connectivity index (χ0v) is 11.2. The molecule has 4 heteroatoms. The van der Waals surface area contributed by atoms with Gasteiger partial charge in [-0.15, -0.1) is 21.4 Å². The minimum Gasteiger partial charge on any atom is -0.269 e. The van der Waals surface area contributed by atoms with Gasteiger partial charge in [-0.1, -0.05) is 6.07 Å². The van der Waals surface area contributed by atoms with Crippen molar-refractivity contribution in [2.75, 3.05) is 0 Å². The smallest absolute Gasteiger partial charge is 0.269 e. The number of nitrogens with one attached hydrogen (secondary N) is 1. The van der Waals surface area contributed by atoms with Crippen molar-refractivity contribution in [3.63, 3.8) is 0 Å². The number of fused-ring (bicyclic) bond motifs is 5. The van der Waals surface area contributed by atoms with Crippen LogP contribution in [0.2, 0.25) is 0 Å². The van der Waals surface area contributed by atoms with Crippen molar-refractivity contribution in [1.82, 2.24) is 5.43 Å². The fourth-order valence-corrected chi connectivity index (χ4v) is 4.91. The molecule has 1 aliphatic heterocycles. The van der Waals surface area contributed by atoms with Crippen molar-refractivity contribution in [3.05, 3.63) is 22.4 Å². The van der Waals surface area contributed by atoms with E-state index in [9.17, 15) is 4.79 Å². The summed E-state index contributed by atoms with van der Waals surface area (Å²) in [5, 5.41) is 2.09. The number of hydrazine groups is 1. The Morgan fingerprint density at radius 2 is 2.28 bits per heavy atom. The van der Waals surface area contributed by atoms with Gasteiger partial charge in [-0.2, -0.15) is 0 Å². The van der Waals surface area contributed by atoms with Crippen molar-refractivity contribution in [2.24, 2.45) is 17.8 Å². The standard InChI is InChI=1S/C14H16N2OS/c1-8(11-3-2-6-18-11)16-13-10-5-4-9(7-10)12(13)14(17)15-16/h2-3,6,9-10,12-13H,4-5,7H2,1H3/p+1. The van der Waals surface area contributed by atoms with Crippen LogP contribution >= 0.6 is 11.3 Å². The minimum absolute atomic E-state index is 0.249. The summed E-state index contributed by atoms with van der Waals surface area (Å²) in [5.41, 5.74) is 4.32. The summed E-state index contributed by atoms with van der Waals surface area (Å²) in [7, 11) is 0. The fraction of sp³-hybridized carbons (Fsp3) is 0.571. The van der Waals surface area contributed by atoms with Crippen LogP contribution in [0.1, 0.15) is 31.1 Å². The topological polar surface area (TPSA) is 32.1 Å². The molecule has 1 N–H and O–H groups in total. The van der Waals surface area contributed by atoms with E-state index in [0.717, 1.165) is 0 Å². The van der Waals surface area contributed by atoms with Gasteiger partial charge < -0.3 is 0 Å². The quantitative estimate of drug-likeness (QED) is 0.771. The SMILES string of the molecule is CC(c1cccs1)=[N+]1NC(=O)C2C3CCC(C3)C21. The molecule has 4 rings (SSSR count). The predicted molar refractivity (Wildman–Crippen MR) is 70.6 cm³/mol. The Balaban J connectivity index is 1.79. The first-order valence-corrected chi connectivity index (χ1v) is 7.61. The zero-order chi connectivity index (χ0) is 12.3. The molecule has 3 fully saturated rings. The lowest BCUT2D eigenvalue weighted by Crippen LogP contribution is -2.37. The number of hydrazone groups is 1. The van der Waals surface area contributed by atoms with E-state index in [-0.39, 0.29) is 11.8 Å². The number of carbonyl (C=O) groups excluding carboxylic acids is 1. The molecule has 1 saturated heterocycles. The molecule has 2 bridgehead atoms. The van der Waals surface area contributed by atoms with Gasteiger partial charge in [0.25, 0.3) is 5.91 Å². The number of nitrogens with zero attached hydrogens (tertiary/aromatic N) is 1. The van der Waals surface area contributed by atoms with Gasteiger partial charge in [0.2, 0.25) is 5.71 Å². The van der Waals surface area contributed by atoms with E-state index in [2.05, 4.69) is 34.5 Å². The van der Waals surface area contributed by atoms with Crippen molar-refractivity contribution in [1.29, 1.82) is 0 Å². The number of hydrogen-bond acceptors (Lipinski definition) is 2. The Labute approximate surface area is 110 Å². The summed E-state index contributed by atoms with van der Waals surface area (Å²) in [6.45, 7) is 2.13. The van der Waals surface area contributed by atoms with Crippen LogP contribution in [0, 0.1) is 17.8 Å². The third-order valence-corrected chi connectivity index (χ3v) is 5.92. The molecular weight excluding hydrogens is 244 g/mol. The van der Waals surface area contributed by atoms with Crippen molar-refractivity contribution in [2.45, 2.75) is 32.2 Å². The molecule has 3 aliphatic rings. The third-order valence-electron chi connectivity index (χ3n) is 4.94. The van der Waals surface area contributed by atoms with Gasteiger partial charge in [-0.3, -0.25) is 4.79 Å². The normalized spacial score (nSPS) is 39.9. The molecule has 2 aliphatic carbocycles. The molecule has 1 aromatic heterocycles. The molecular formula is C14H17N2OS+. The van der Waals surface area contributed by atoms with Crippen molar-refractivity contribution < 1.29 is 9.48 Å². The minimum atomic E-state index is 0.249. The van der Waals surface area contributed by atoms with E-state index in [1.807, 2.05) is 0 Å². The Morgan fingerprint density at radius 1 is 1.44 bits per heavy atom. The lowest BCUT2D eigenvalue weighted by Gasteiger charge is -2.17. The summed E-state index contributed by atoms with van der Waals surface area (Å²) in [6, 6.07) is 4.62. The van der Waals surface area contributed by atoms with Crippen LogP contribution in [0.25, 0.3) is 0 Å². The molecule has 0 radical (unpaired) electrons. The van der Waals surface area contributed by atoms with Crippen molar-refractivity contribution >= 4 is 23.0 Å². The lowest BCUT2D eigenvalue weighted by atomic mass is 9.85. The summed E-state index contributed by atoms with van der Waals surface area (Å²) in [4.78, 5) is 13.4. The number of hydrogen-bond donors (Lipinski definition) is 1. The molecule has 0 aromatic carbocycles. The highest BCUT2D eigenvalue weighted by molar-refractivity contribution is 7.12. The molecule has 4 atom stereocenters. The highest BCUT2D eigenvalue weighted by atomic mass is 32.1. The highest BCUT2D eigenvalue weighted by Gasteiger charge is 2.62. The van der Waals surface area contributed by atoms with Gasteiger partial charge in [0.15, 0.2) is 6.04 Å². The Morgan fingerprint density at radius 3 is 3.06 bits per heavy atom. The Hall–Kier alpha value is -1.16. The monoisotopic (exact) mass is 261 g/mol. The summed E-state index contributed by atoms with van der Waals surface area (Å²) in [5.74, 6) is 1.86. The third kappa shape index (κ3) is 1.30. The lowest BCUT2D eigenvalue weighted by molar-refractivity contribution is -0.602. The molecule has 18 heavy (non-hydrogen) atoms. The molecule has 3 nitrogen and oxygen atoms in total. The highest BCUT2D eigenvalue weighted by Crippen LogP contribution is 2.51. The largest absolute Gasteiger partial charge is 0.284 e. The second-order valence-corrected chi connectivity index (χ2v) is 6.71. The molecule has 94 valence electrons. The summed E-state index contributed by atoms with van der Waals surface area (Å²) < 4.78 is 2.17.